The molecule has 3 aromatic heterocycles. The fourth-order valence-corrected chi connectivity index (χ4v) is 3.26. The van der Waals surface area contributed by atoms with Crippen LogP contribution in [-0.4, -0.2) is 82.4 Å². The highest BCUT2D eigenvalue weighted by Gasteiger charge is 1.98. The molecular formula is C27H21Al3N3O3. The molecule has 0 amide bonds. The maximum Gasteiger partial charge on any atom is 0.141 e. The lowest BCUT2D eigenvalue weighted by Gasteiger charge is -1.96. The molecule has 0 spiro atoms. The monoisotopic (exact) mass is 516 g/mol. The molecule has 0 fully saturated rings. The number of aromatic hydroxyl groups is 3. The summed E-state index contributed by atoms with van der Waals surface area (Å²) in [5, 5.41) is 30.8. The Morgan fingerprint density at radius 2 is 0.611 bits per heavy atom. The van der Waals surface area contributed by atoms with Gasteiger partial charge < -0.3 is 15.3 Å². The average Bonchev–Trinajstić information content (AvgIpc) is 2.86. The first kappa shape index (κ1) is 30.9. The van der Waals surface area contributed by atoms with Crippen molar-refractivity contribution in [2.24, 2.45) is 0 Å². The number of nitrogens with zero attached hydrogens (tertiary/aromatic N) is 3. The van der Waals surface area contributed by atoms with Crippen molar-refractivity contribution in [3.05, 3.63) is 110 Å². The summed E-state index contributed by atoms with van der Waals surface area (Å²) in [7, 11) is 0. The van der Waals surface area contributed by atoms with Crippen LogP contribution in [0.25, 0.3) is 32.7 Å². The Morgan fingerprint density at radius 3 is 0.861 bits per heavy atom. The van der Waals surface area contributed by atoms with E-state index in [2.05, 4.69) is 15.0 Å². The second-order valence-corrected chi connectivity index (χ2v) is 7.06. The zero-order valence-electron chi connectivity index (χ0n) is 19.3. The van der Waals surface area contributed by atoms with Crippen LogP contribution in [0.1, 0.15) is 0 Å². The number of fused-ring (bicyclic) bond motifs is 3. The first-order valence-corrected chi connectivity index (χ1v) is 10.2. The van der Waals surface area contributed by atoms with Crippen molar-refractivity contribution in [3.63, 3.8) is 0 Å². The molecule has 0 aliphatic heterocycles. The summed E-state index contributed by atoms with van der Waals surface area (Å²) < 4.78 is 0. The van der Waals surface area contributed by atoms with E-state index in [1.807, 2.05) is 54.6 Å². The highest BCUT2D eigenvalue weighted by Crippen LogP contribution is 2.22. The second kappa shape index (κ2) is 15.1. The Bertz CT molecular complexity index is 1330. The molecule has 0 saturated carbocycles. The average molecular weight is 516 g/mol. The molecule has 9 radical (unpaired) electrons. The molecule has 6 aromatic rings. The van der Waals surface area contributed by atoms with Crippen molar-refractivity contribution in [1.29, 1.82) is 0 Å². The van der Waals surface area contributed by atoms with Crippen molar-refractivity contribution < 1.29 is 15.3 Å². The van der Waals surface area contributed by atoms with Gasteiger partial charge in [-0.2, -0.15) is 0 Å². The smallest absolute Gasteiger partial charge is 0.141 e. The molecular weight excluding hydrogens is 495 g/mol. The molecule has 6 nitrogen and oxygen atoms in total. The molecule has 171 valence electrons. The van der Waals surface area contributed by atoms with Gasteiger partial charge in [0.25, 0.3) is 0 Å². The number of benzene rings is 3. The second-order valence-electron chi connectivity index (χ2n) is 7.06. The normalized spacial score (nSPS) is 9.33. The third kappa shape index (κ3) is 7.69. The van der Waals surface area contributed by atoms with Gasteiger partial charge in [-0.05, 0) is 36.4 Å². The molecule has 0 aliphatic carbocycles. The minimum atomic E-state index is 0. The van der Waals surface area contributed by atoms with E-state index in [0.29, 0.717) is 16.6 Å². The highest BCUT2D eigenvalue weighted by molar-refractivity contribution is 5.85. The van der Waals surface area contributed by atoms with E-state index < -0.39 is 0 Å². The summed E-state index contributed by atoms with van der Waals surface area (Å²) >= 11 is 0. The Hall–Kier alpha value is -3.11. The number of rotatable bonds is 0. The number of phenolic OH excluding ortho intramolecular Hbond substituents is 3. The Morgan fingerprint density at radius 1 is 0.361 bits per heavy atom. The van der Waals surface area contributed by atoms with Gasteiger partial charge in [0.1, 0.15) is 33.8 Å². The lowest BCUT2D eigenvalue weighted by molar-refractivity contribution is 0.480. The molecule has 6 rings (SSSR count). The van der Waals surface area contributed by atoms with Crippen molar-refractivity contribution >= 4 is 84.8 Å². The topological polar surface area (TPSA) is 99.4 Å². The predicted molar refractivity (Wildman–Crippen MR) is 147 cm³/mol. The van der Waals surface area contributed by atoms with E-state index in [1.165, 1.54) is 0 Å². The van der Waals surface area contributed by atoms with Crippen LogP contribution in [0.5, 0.6) is 17.2 Å². The van der Waals surface area contributed by atoms with Gasteiger partial charge in [-0.15, -0.1) is 0 Å². The summed E-state index contributed by atoms with van der Waals surface area (Å²) in [6, 6.07) is 27.4. The molecule has 3 aromatic carbocycles. The summed E-state index contributed by atoms with van der Waals surface area (Å²) in [6.45, 7) is 0. The number of hydrogen-bond acceptors (Lipinski definition) is 6. The van der Waals surface area contributed by atoms with Crippen molar-refractivity contribution in [2.45, 2.75) is 0 Å². The maximum absolute atomic E-state index is 9.31. The molecule has 0 atom stereocenters. The van der Waals surface area contributed by atoms with E-state index in [1.54, 1.807) is 55.0 Å². The van der Waals surface area contributed by atoms with Crippen molar-refractivity contribution in [3.8, 4) is 17.2 Å². The minimum Gasteiger partial charge on any atom is -0.506 e. The maximum atomic E-state index is 9.31. The molecule has 3 N–H and O–H groups in total. The first-order chi connectivity index (χ1) is 16.1. The van der Waals surface area contributed by atoms with E-state index in [0.717, 1.165) is 16.2 Å². The highest BCUT2D eigenvalue weighted by atomic mass is 27.0. The third-order valence-corrected chi connectivity index (χ3v) is 4.83. The van der Waals surface area contributed by atoms with Crippen molar-refractivity contribution in [2.75, 3.05) is 0 Å². The Balaban J connectivity index is 0.000000259. The van der Waals surface area contributed by atoms with Crippen LogP contribution in [-0.2, 0) is 0 Å². The van der Waals surface area contributed by atoms with E-state index in [9.17, 15) is 15.3 Å². The molecule has 0 bridgehead atoms. The van der Waals surface area contributed by atoms with Gasteiger partial charge in [0.2, 0.25) is 0 Å². The Kier molecular flexibility index (Phi) is 13.0. The number of aromatic nitrogens is 3. The number of phenols is 3. The standard InChI is InChI=1S/3C9H7NO.3Al/c3*11-8-5-1-3-7-4-2-6-10-9(7)8;;;/h3*1-6,11H;;;. The van der Waals surface area contributed by atoms with Crippen LogP contribution in [0.2, 0.25) is 0 Å². The summed E-state index contributed by atoms with van der Waals surface area (Å²) in [4.78, 5) is 12.1. The fourth-order valence-electron chi connectivity index (χ4n) is 3.26. The van der Waals surface area contributed by atoms with Crippen molar-refractivity contribution in [1.82, 2.24) is 15.0 Å². The molecule has 0 aliphatic rings. The zero-order valence-corrected chi connectivity index (χ0v) is 22.8. The van der Waals surface area contributed by atoms with Gasteiger partial charge in [0.05, 0.1) is 0 Å². The molecule has 3 heterocycles. The summed E-state index contributed by atoms with van der Waals surface area (Å²) in [5.41, 5.74) is 1.99. The number of hydrogen-bond donors (Lipinski definition) is 3. The molecule has 36 heavy (non-hydrogen) atoms. The van der Waals surface area contributed by atoms with Gasteiger partial charge in [-0.3, -0.25) is 15.0 Å². The molecule has 0 unspecified atom stereocenters. The van der Waals surface area contributed by atoms with E-state index in [-0.39, 0.29) is 69.3 Å². The van der Waals surface area contributed by atoms with Crippen LogP contribution in [0.4, 0.5) is 0 Å². The number of pyridine rings is 3. The van der Waals surface area contributed by atoms with Crippen LogP contribution in [0.3, 0.4) is 0 Å². The van der Waals surface area contributed by atoms with Crippen LogP contribution in [0, 0.1) is 0 Å². The van der Waals surface area contributed by atoms with E-state index in [4.69, 9.17) is 0 Å². The summed E-state index contributed by atoms with van der Waals surface area (Å²) in [5.74, 6) is 0.717. The summed E-state index contributed by atoms with van der Waals surface area (Å²) in [6.07, 6.45) is 5.01. The van der Waals surface area contributed by atoms with Gasteiger partial charge in [0.15, 0.2) is 0 Å². The number of para-hydroxylation sites is 3. The minimum absolute atomic E-state index is 0. The van der Waals surface area contributed by atoms with E-state index >= 15 is 0 Å². The lowest BCUT2D eigenvalue weighted by Crippen LogP contribution is -1.76. The van der Waals surface area contributed by atoms with Gasteiger partial charge >= 0.3 is 0 Å². The van der Waals surface area contributed by atoms with Crippen LogP contribution >= 0.6 is 0 Å². The molecule has 9 heteroatoms. The van der Waals surface area contributed by atoms with Gasteiger partial charge in [-0.25, -0.2) is 0 Å². The van der Waals surface area contributed by atoms with Crippen LogP contribution < -0.4 is 0 Å². The quantitative estimate of drug-likeness (QED) is 0.254. The van der Waals surface area contributed by atoms with Gasteiger partial charge in [0, 0.05) is 86.8 Å². The fraction of sp³-hybridized carbons (Fsp3) is 0. The first-order valence-electron chi connectivity index (χ1n) is 10.2. The molecule has 0 saturated heterocycles. The SMILES string of the molecule is Oc1cccc2cccnc12.Oc1cccc2cccnc12.Oc1cccc2cccnc12.[Al].[Al].[Al]. The largest absolute Gasteiger partial charge is 0.506 e. The third-order valence-electron chi connectivity index (χ3n) is 4.83. The predicted octanol–water partition coefficient (Wildman–Crippen LogP) is 4.68. The van der Waals surface area contributed by atoms with Crippen LogP contribution in [0.15, 0.2) is 110 Å². The Labute approximate surface area is 240 Å². The zero-order chi connectivity index (χ0) is 23.0. The lowest BCUT2D eigenvalue weighted by atomic mass is 10.2. The van der Waals surface area contributed by atoms with Gasteiger partial charge in [-0.1, -0.05) is 54.6 Å².